The van der Waals surface area contributed by atoms with Crippen LogP contribution in [-0.4, -0.2) is 10.8 Å². The Morgan fingerprint density at radius 1 is 1.47 bits per heavy atom. The van der Waals surface area contributed by atoms with Crippen LogP contribution in [0, 0.1) is 0 Å². The van der Waals surface area contributed by atoms with Crippen molar-refractivity contribution < 1.29 is 0 Å². The molecule has 1 aromatic rings. The molecule has 0 atom stereocenters. The standard InChI is InChI=1S/C14H17BrN2OS/c1-4-9-6-7-10-8-11(15)14(18)17(5-2)12(10)16-13(9)19-3/h7-8H,4-6H2,1-3H3. The molecule has 0 N–H and O–H groups in total. The molecule has 0 aromatic carbocycles. The summed E-state index contributed by atoms with van der Waals surface area (Å²) in [5.74, 6) is 0. The number of fused-ring (bicyclic) bond motifs is 1. The normalized spacial score (nSPS) is 14.5. The molecule has 1 aromatic heterocycles. The number of rotatable bonds is 3. The zero-order valence-corrected chi connectivity index (χ0v) is 13.8. The third kappa shape index (κ3) is 2.72. The zero-order valence-electron chi connectivity index (χ0n) is 11.4. The second-order valence-electron chi connectivity index (χ2n) is 4.31. The molecule has 0 amide bonds. The number of hydrogen-bond donors (Lipinski definition) is 0. The van der Waals surface area contributed by atoms with Gasteiger partial charge in [-0.15, -0.1) is 11.8 Å². The van der Waals surface area contributed by atoms with Crippen LogP contribution in [0.1, 0.15) is 26.7 Å². The van der Waals surface area contributed by atoms with Gasteiger partial charge in [-0.05, 0) is 53.6 Å². The maximum absolute atomic E-state index is 12.1. The molecular formula is C14H17BrN2OS. The van der Waals surface area contributed by atoms with Crippen molar-refractivity contribution in [1.29, 1.82) is 0 Å². The Morgan fingerprint density at radius 2 is 2.21 bits per heavy atom. The van der Waals surface area contributed by atoms with Gasteiger partial charge < -0.3 is 0 Å². The highest BCUT2D eigenvalue weighted by molar-refractivity contribution is 9.10. The van der Waals surface area contributed by atoms with Gasteiger partial charge in [0.1, 0.15) is 5.49 Å². The Hall–Kier alpha value is -0.810. The fourth-order valence-corrected chi connectivity index (χ4v) is 3.35. The number of hydrogen-bond acceptors (Lipinski definition) is 3. The van der Waals surface area contributed by atoms with Crippen LogP contribution in [0.2, 0.25) is 0 Å². The Labute approximate surface area is 125 Å². The molecule has 0 radical (unpaired) electrons. The second kappa shape index (κ2) is 6.09. The number of nitrogens with zero attached hydrogens (tertiary/aromatic N) is 2. The summed E-state index contributed by atoms with van der Waals surface area (Å²) in [6, 6.07) is 1.88. The number of aromatic nitrogens is 1. The fraction of sp³-hybridized carbons (Fsp3) is 0.429. The van der Waals surface area contributed by atoms with Crippen molar-refractivity contribution in [3.63, 3.8) is 0 Å². The molecular weight excluding hydrogens is 324 g/mol. The van der Waals surface area contributed by atoms with Gasteiger partial charge >= 0.3 is 0 Å². The molecule has 0 saturated carbocycles. The van der Waals surface area contributed by atoms with Gasteiger partial charge in [0.2, 0.25) is 0 Å². The third-order valence-electron chi connectivity index (χ3n) is 3.26. The molecule has 1 aliphatic rings. The Kier molecular flexibility index (Phi) is 4.68. The SMILES string of the molecule is CCC1=C(SC)N=c2c(cc(Br)c(=O)n2CC)=CC1. The monoisotopic (exact) mass is 340 g/mol. The average Bonchev–Trinajstić information content (AvgIpc) is 2.59. The molecule has 0 bridgehead atoms. The minimum atomic E-state index is -0.0150. The van der Waals surface area contributed by atoms with E-state index in [1.807, 2.05) is 19.2 Å². The fourth-order valence-electron chi connectivity index (χ4n) is 2.19. The van der Waals surface area contributed by atoms with E-state index in [1.165, 1.54) is 5.57 Å². The van der Waals surface area contributed by atoms with E-state index in [1.54, 1.807) is 16.3 Å². The van der Waals surface area contributed by atoms with E-state index in [9.17, 15) is 4.79 Å². The van der Waals surface area contributed by atoms with Gasteiger partial charge in [-0.2, -0.15) is 0 Å². The molecule has 0 spiro atoms. The first-order valence-electron chi connectivity index (χ1n) is 6.36. The lowest BCUT2D eigenvalue weighted by Crippen LogP contribution is -2.43. The molecule has 2 heterocycles. The van der Waals surface area contributed by atoms with Gasteiger partial charge in [-0.3, -0.25) is 9.36 Å². The summed E-state index contributed by atoms with van der Waals surface area (Å²) >= 11 is 4.99. The summed E-state index contributed by atoms with van der Waals surface area (Å²) in [7, 11) is 0. The van der Waals surface area contributed by atoms with Crippen LogP contribution in [0.5, 0.6) is 0 Å². The van der Waals surface area contributed by atoms with Crippen LogP contribution in [0.15, 0.2) is 30.9 Å². The van der Waals surface area contributed by atoms with Gasteiger partial charge in [0.15, 0.2) is 0 Å². The van der Waals surface area contributed by atoms with E-state index in [0.717, 1.165) is 28.6 Å². The quantitative estimate of drug-likeness (QED) is 0.846. The van der Waals surface area contributed by atoms with Crippen LogP contribution in [0.25, 0.3) is 6.08 Å². The van der Waals surface area contributed by atoms with Crippen LogP contribution in [0.4, 0.5) is 0 Å². The zero-order chi connectivity index (χ0) is 14.0. The molecule has 0 aliphatic carbocycles. The molecule has 0 unspecified atom stereocenters. The number of thioether (sulfide) groups is 1. The van der Waals surface area contributed by atoms with Gasteiger partial charge in [0.25, 0.3) is 5.56 Å². The minimum absolute atomic E-state index is 0.0150. The lowest BCUT2D eigenvalue weighted by molar-refractivity contribution is 0.676. The van der Waals surface area contributed by atoms with Crippen molar-refractivity contribution in [2.45, 2.75) is 33.2 Å². The summed E-state index contributed by atoms with van der Waals surface area (Å²) in [6.45, 7) is 4.74. The van der Waals surface area contributed by atoms with E-state index in [0.29, 0.717) is 11.0 Å². The lowest BCUT2D eigenvalue weighted by Gasteiger charge is -2.06. The topological polar surface area (TPSA) is 34.4 Å². The van der Waals surface area contributed by atoms with E-state index in [4.69, 9.17) is 4.99 Å². The molecule has 3 nitrogen and oxygen atoms in total. The summed E-state index contributed by atoms with van der Waals surface area (Å²) in [4.78, 5) is 16.9. The van der Waals surface area contributed by atoms with Crippen molar-refractivity contribution in [3.8, 4) is 0 Å². The number of allylic oxidation sites excluding steroid dienone is 1. The smallest absolute Gasteiger partial charge is 0.266 e. The Balaban J connectivity index is 2.86. The lowest BCUT2D eigenvalue weighted by atomic mass is 10.1. The van der Waals surface area contributed by atoms with Gasteiger partial charge in [0.05, 0.1) is 9.50 Å². The van der Waals surface area contributed by atoms with E-state index in [2.05, 4.69) is 28.9 Å². The predicted molar refractivity (Wildman–Crippen MR) is 84.8 cm³/mol. The maximum atomic E-state index is 12.1. The van der Waals surface area contributed by atoms with Crippen molar-refractivity contribution in [3.05, 3.63) is 42.2 Å². The first kappa shape index (κ1) is 14.6. The molecule has 0 fully saturated rings. The molecule has 102 valence electrons. The first-order valence-corrected chi connectivity index (χ1v) is 8.38. The molecule has 19 heavy (non-hydrogen) atoms. The largest absolute Gasteiger partial charge is 0.292 e. The Morgan fingerprint density at radius 3 is 2.79 bits per heavy atom. The number of halogens is 1. The van der Waals surface area contributed by atoms with Crippen LogP contribution >= 0.6 is 27.7 Å². The molecule has 5 heteroatoms. The molecule has 1 aliphatic heterocycles. The van der Waals surface area contributed by atoms with E-state index < -0.39 is 0 Å². The van der Waals surface area contributed by atoms with Crippen molar-refractivity contribution in [2.24, 2.45) is 4.99 Å². The van der Waals surface area contributed by atoms with Gasteiger partial charge in [-0.25, -0.2) is 4.99 Å². The third-order valence-corrected chi connectivity index (χ3v) is 4.59. The predicted octanol–water partition coefficient (Wildman–Crippen LogP) is 2.42. The Bertz CT molecular complexity index is 703. The average molecular weight is 341 g/mol. The highest BCUT2D eigenvalue weighted by Gasteiger charge is 2.10. The van der Waals surface area contributed by atoms with Crippen molar-refractivity contribution in [1.82, 2.24) is 4.57 Å². The van der Waals surface area contributed by atoms with Crippen LogP contribution in [-0.2, 0) is 6.54 Å². The molecule has 2 rings (SSSR count). The first-order chi connectivity index (χ1) is 9.12. The highest BCUT2D eigenvalue weighted by atomic mass is 79.9. The number of pyridine rings is 1. The summed E-state index contributed by atoms with van der Waals surface area (Å²) in [5.41, 5.74) is 2.09. The summed E-state index contributed by atoms with van der Waals surface area (Å²) < 4.78 is 2.33. The van der Waals surface area contributed by atoms with Crippen LogP contribution in [0.3, 0.4) is 0 Å². The highest BCUT2D eigenvalue weighted by Crippen LogP contribution is 2.23. The summed E-state index contributed by atoms with van der Waals surface area (Å²) in [5, 5.41) is 2.07. The van der Waals surface area contributed by atoms with E-state index >= 15 is 0 Å². The molecule has 0 saturated heterocycles. The van der Waals surface area contributed by atoms with Gasteiger partial charge in [0, 0.05) is 11.8 Å². The van der Waals surface area contributed by atoms with E-state index in [-0.39, 0.29) is 5.56 Å². The van der Waals surface area contributed by atoms with Crippen LogP contribution < -0.4 is 16.3 Å². The summed E-state index contributed by atoms with van der Waals surface area (Å²) in [6.07, 6.45) is 6.09. The van der Waals surface area contributed by atoms with Crippen molar-refractivity contribution >= 4 is 33.8 Å². The second-order valence-corrected chi connectivity index (χ2v) is 5.96. The van der Waals surface area contributed by atoms with Gasteiger partial charge in [-0.1, -0.05) is 13.0 Å². The minimum Gasteiger partial charge on any atom is -0.292 e. The van der Waals surface area contributed by atoms with Crippen molar-refractivity contribution in [2.75, 3.05) is 6.26 Å². The maximum Gasteiger partial charge on any atom is 0.266 e.